The first-order valence-electron chi connectivity index (χ1n) is 4.65. The van der Waals surface area contributed by atoms with Crippen LogP contribution in [0.2, 0.25) is 0 Å². The van der Waals surface area contributed by atoms with Crippen LogP contribution in [0, 0.1) is 0 Å². The first-order chi connectivity index (χ1) is 7.38. The van der Waals surface area contributed by atoms with Gasteiger partial charge >= 0.3 is 0 Å². The lowest BCUT2D eigenvalue weighted by atomic mass is 10.1. The number of anilines is 2. The van der Waals surface area contributed by atoms with E-state index in [2.05, 4.69) is 36.5 Å². The van der Waals surface area contributed by atoms with Crippen molar-refractivity contribution < 1.29 is 4.79 Å². The minimum atomic E-state index is -0.873. The third-order valence-corrected chi connectivity index (χ3v) is 2.82. The Balaban J connectivity index is 3.02. The fourth-order valence-corrected chi connectivity index (χ4v) is 1.49. The van der Waals surface area contributed by atoms with Gasteiger partial charge in [-0.15, -0.1) is 0 Å². The number of nitrogens with zero attached hydrogens (tertiary/aromatic N) is 2. The van der Waals surface area contributed by atoms with Gasteiger partial charge < -0.3 is 16.4 Å². The zero-order valence-corrected chi connectivity index (χ0v) is 10.9. The topological polar surface area (TPSA) is 92.9 Å². The molecule has 7 heteroatoms. The molecule has 0 radical (unpaired) electrons. The second-order valence-electron chi connectivity index (χ2n) is 3.75. The molecule has 0 spiro atoms. The van der Waals surface area contributed by atoms with E-state index in [0.717, 1.165) is 0 Å². The lowest BCUT2D eigenvalue weighted by Crippen LogP contribution is -2.45. The average molecular weight is 288 g/mol. The van der Waals surface area contributed by atoms with Crippen LogP contribution in [0.25, 0.3) is 0 Å². The van der Waals surface area contributed by atoms with Crippen LogP contribution in [0.4, 0.5) is 11.6 Å². The Morgan fingerprint density at radius 2 is 2.00 bits per heavy atom. The number of hydrogen-bond acceptors (Lipinski definition) is 5. The highest BCUT2D eigenvalue weighted by Gasteiger charge is 2.26. The lowest BCUT2D eigenvalue weighted by Gasteiger charge is -2.23. The quantitative estimate of drug-likeness (QED) is 0.767. The molecular weight excluding hydrogens is 274 g/mol. The summed E-state index contributed by atoms with van der Waals surface area (Å²) in [6, 6.07) is 0. The smallest absolute Gasteiger partial charge is 0.242 e. The van der Waals surface area contributed by atoms with E-state index >= 15 is 0 Å². The first kappa shape index (κ1) is 12.7. The van der Waals surface area contributed by atoms with Gasteiger partial charge in [0.1, 0.15) is 28.0 Å². The molecule has 1 rings (SSSR count). The number of primary amides is 1. The molecule has 1 aromatic heterocycles. The Hall–Kier alpha value is -1.37. The Kier molecular flexibility index (Phi) is 3.69. The molecule has 4 N–H and O–H groups in total. The molecule has 1 heterocycles. The summed E-state index contributed by atoms with van der Waals surface area (Å²) in [5, 5.41) is 5.84. The van der Waals surface area contributed by atoms with Crippen LogP contribution >= 0.6 is 15.9 Å². The highest BCUT2D eigenvalue weighted by atomic mass is 79.9. The van der Waals surface area contributed by atoms with Gasteiger partial charge in [0.25, 0.3) is 0 Å². The number of halogens is 1. The summed E-state index contributed by atoms with van der Waals surface area (Å²) < 4.78 is 0.659. The van der Waals surface area contributed by atoms with Gasteiger partial charge in [-0.2, -0.15) is 0 Å². The fourth-order valence-electron chi connectivity index (χ4n) is 0.989. The van der Waals surface area contributed by atoms with Crippen molar-refractivity contribution in [3.63, 3.8) is 0 Å². The summed E-state index contributed by atoms with van der Waals surface area (Å²) in [4.78, 5) is 19.2. The van der Waals surface area contributed by atoms with E-state index in [1.165, 1.54) is 6.33 Å². The molecule has 0 aromatic carbocycles. The average Bonchev–Trinajstić information content (AvgIpc) is 2.20. The first-order valence-corrected chi connectivity index (χ1v) is 5.44. The van der Waals surface area contributed by atoms with E-state index in [1.807, 2.05) is 0 Å². The molecule has 1 amide bonds. The molecule has 1 aromatic rings. The molecule has 0 aliphatic heterocycles. The van der Waals surface area contributed by atoms with Gasteiger partial charge in [0.2, 0.25) is 5.91 Å². The standard InChI is InChI=1S/C9H14BrN5O/c1-9(2,8(11)16)15-7-5(10)6(12-3)13-4-14-7/h4H,1-3H3,(H2,11,16)(H2,12,13,14,15). The predicted octanol–water partition coefficient (Wildman–Crippen LogP) is 0.957. The van der Waals surface area contributed by atoms with Gasteiger partial charge in [-0.3, -0.25) is 4.79 Å². The maximum atomic E-state index is 11.2. The highest BCUT2D eigenvalue weighted by molar-refractivity contribution is 9.10. The number of amides is 1. The number of hydrogen-bond donors (Lipinski definition) is 3. The summed E-state index contributed by atoms with van der Waals surface area (Å²) in [6.07, 6.45) is 1.40. The molecule has 88 valence electrons. The van der Waals surface area contributed by atoms with Gasteiger partial charge in [0.05, 0.1) is 0 Å². The summed E-state index contributed by atoms with van der Waals surface area (Å²) in [5.74, 6) is 0.699. The number of carbonyl (C=O) groups excluding carboxylic acids is 1. The van der Waals surface area contributed by atoms with Crippen LogP contribution in [0.5, 0.6) is 0 Å². The number of nitrogens with one attached hydrogen (secondary N) is 2. The number of aromatic nitrogens is 2. The van der Waals surface area contributed by atoms with Crippen molar-refractivity contribution in [2.75, 3.05) is 17.7 Å². The van der Waals surface area contributed by atoms with E-state index in [-0.39, 0.29) is 0 Å². The molecule has 0 saturated carbocycles. The molecule has 0 aliphatic rings. The minimum absolute atomic E-state index is 0.455. The summed E-state index contributed by atoms with van der Waals surface area (Å²) >= 11 is 3.34. The zero-order valence-electron chi connectivity index (χ0n) is 9.34. The Bertz CT molecular complexity index is 407. The molecule has 0 fully saturated rings. The lowest BCUT2D eigenvalue weighted by molar-refractivity contribution is -0.121. The van der Waals surface area contributed by atoms with Crippen LogP contribution in [0.15, 0.2) is 10.8 Å². The van der Waals surface area contributed by atoms with Gasteiger partial charge in [0.15, 0.2) is 0 Å². The van der Waals surface area contributed by atoms with Crippen LogP contribution in [0.1, 0.15) is 13.8 Å². The van der Waals surface area contributed by atoms with Crippen molar-refractivity contribution in [2.24, 2.45) is 5.73 Å². The molecule has 0 aliphatic carbocycles. The van der Waals surface area contributed by atoms with Gasteiger partial charge in [-0.25, -0.2) is 9.97 Å². The second-order valence-corrected chi connectivity index (χ2v) is 4.54. The maximum Gasteiger partial charge on any atom is 0.242 e. The van der Waals surface area contributed by atoms with Crippen molar-refractivity contribution in [1.82, 2.24) is 9.97 Å². The fraction of sp³-hybridized carbons (Fsp3) is 0.444. The van der Waals surface area contributed by atoms with Crippen LogP contribution in [-0.2, 0) is 4.79 Å². The zero-order chi connectivity index (χ0) is 12.3. The van der Waals surface area contributed by atoms with E-state index in [1.54, 1.807) is 20.9 Å². The molecule has 16 heavy (non-hydrogen) atoms. The number of rotatable bonds is 4. The molecule has 0 unspecified atom stereocenters. The predicted molar refractivity (Wildman–Crippen MR) is 66.2 cm³/mol. The van der Waals surface area contributed by atoms with E-state index in [9.17, 15) is 4.79 Å². The molecule has 6 nitrogen and oxygen atoms in total. The molecule has 0 bridgehead atoms. The summed E-state index contributed by atoms with van der Waals surface area (Å²) in [6.45, 7) is 3.37. The Morgan fingerprint density at radius 1 is 1.44 bits per heavy atom. The maximum absolute atomic E-state index is 11.2. The minimum Gasteiger partial charge on any atom is -0.372 e. The monoisotopic (exact) mass is 287 g/mol. The molecule has 0 atom stereocenters. The van der Waals surface area contributed by atoms with Crippen LogP contribution in [0.3, 0.4) is 0 Å². The van der Waals surface area contributed by atoms with E-state index < -0.39 is 11.4 Å². The molecule has 0 saturated heterocycles. The Labute approximate surface area is 102 Å². The SMILES string of the molecule is CNc1ncnc(NC(C)(C)C(N)=O)c1Br. The summed E-state index contributed by atoms with van der Waals surface area (Å²) in [5.41, 5.74) is 4.39. The van der Waals surface area contributed by atoms with Crippen molar-refractivity contribution in [3.05, 3.63) is 10.8 Å². The Morgan fingerprint density at radius 3 is 2.50 bits per heavy atom. The number of carbonyl (C=O) groups is 1. The van der Waals surface area contributed by atoms with Crippen molar-refractivity contribution in [1.29, 1.82) is 0 Å². The van der Waals surface area contributed by atoms with Gasteiger partial charge in [-0.1, -0.05) is 0 Å². The van der Waals surface area contributed by atoms with E-state index in [0.29, 0.717) is 16.1 Å². The number of nitrogens with two attached hydrogens (primary N) is 1. The summed E-state index contributed by atoms with van der Waals surface area (Å²) in [7, 11) is 1.75. The second kappa shape index (κ2) is 4.65. The van der Waals surface area contributed by atoms with Gasteiger partial charge in [-0.05, 0) is 29.8 Å². The molecular formula is C9H14BrN5O. The highest BCUT2D eigenvalue weighted by Crippen LogP contribution is 2.27. The van der Waals surface area contributed by atoms with Crippen molar-refractivity contribution >= 4 is 33.5 Å². The largest absolute Gasteiger partial charge is 0.372 e. The normalized spacial score (nSPS) is 11.0. The van der Waals surface area contributed by atoms with Crippen molar-refractivity contribution in [2.45, 2.75) is 19.4 Å². The van der Waals surface area contributed by atoms with Gasteiger partial charge in [0, 0.05) is 7.05 Å². The third-order valence-electron chi connectivity index (χ3n) is 2.07. The van der Waals surface area contributed by atoms with Crippen LogP contribution < -0.4 is 16.4 Å². The van der Waals surface area contributed by atoms with Crippen LogP contribution in [-0.4, -0.2) is 28.5 Å². The third kappa shape index (κ3) is 2.60. The van der Waals surface area contributed by atoms with Crippen molar-refractivity contribution in [3.8, 4) is 0 Å². The van der Waals surface area contributed by atoms with E-state index in [4.69, 9.17) is 5.73 Å².